The predicted octanol–water partition coefficient (Wildman–Crippen LogP) is 1.56. The van der Waals surface area contributed by atoms with Crippen LogP contribution in [0.3, 0.4) is 0 Å². The Balaban J connectivity index is 1.89. The highest BCUT2D eigenvalue weighted by Crippen LogP contribution is 2.21. The number of anilines is 1. The molecule has 0 unspecified atom stereocenters. The lowest BCUT2D eigenvalue weighted by molar-refractivity contribution is -0.136. The molecule has 7 nitrogen and oxygen atoms in total. The highest BCUT2D eigenvalue weighted by molar-refractivity contribution is 7.89. The number of hydrogen-bond donors (Lipinski definition) is 3. The predicted molar refractivity (Wildman–Crippen MR) is 104 cm³/mol. The molecule has 0 aliphatic heterocycles. The summed E-state index contributed by atoms with van der Waals surface area (Å²) in [5.74, 6) is -1.45. The van der Waals surface area contributed by atoms with E-state index in [0.717, 1.165) is 22.3 Å². The van der Waals surface area contributed by atoms with Gasteiger partial charge in [0.15, 0.2) is 0 Å². The molecule has 0 aromatic heterocycles. The van der Waals surface area contributed by atoms with Gasteiger partial charge in [-0.05, 0) is 56.0 Å². The van der Waals surface area contributed by atoms with Gasteiger partial charge in [0, 0.05) is 12.2 Å². The third-order valence-corrected chi connectivity index (χ3v) is 5.00. The zero-order valence-electron chi connectivity index (χ0n) is 15.5. The van der Waals surface area contributed by atoms with Gasteiger partial charge in [0.05, 0.1) is 4.90 Å². The van der Waals surface area contributed by atoms with Crippen molar-refractivity contribution in [2.75, 3.05) is 11.9 Å². The number of aryl methyl sites for hydroxylation is 3. The molecule has 0 radical (unpaired) electrons. The van der Waals surface area contributed by atoms with Gasteiger partial charge in [0.1, 0.15) is 0 Å². The van der Waals surface area contributed by atoms with E-state index in [9.17, 15) is 18.0 Å². The van der Waals surface area contributed by atoms with Crippen LogP contribution in [-0.2, 0) is 26.0 Å². The number of primary sulfonamides is 1. The molecular formula is C19H23N3O4S. The summed E-state index contributed by atoms with van der Waals surface area (Å²) in [4.78, 5) is 24.1. The van der Waals surface area contributed by atoms with E-state index in [2.05, 4.69) is 10.6 Å². The molecule has 0 spiro atoms. The summed E-state index contributed by atoms with van der Waals surface area (Å²) in [6.45, 7) is 5.96. The summed E-state index contributed by atoms with van der Waals surface area (Å²) >= 11 is 0. The Kier molecular flexibility index (Phi) is 6.35. The first-order valence-electron chi connectivity index (χ1n) is 8.36. The molecule has 0 aliphatic carbocycles. The van der Waals surface area contributed by atoms with Crippen LogP contribution >= 0.6 is 0 Å². The standard InChI is InChI=1S/C19H23N3O4S/c1-12-10-13(2)17(14(3)11-12)22-19(24)18(23)21-9-8-15-4-6-16(7-5-15)27(20,25)26/h4-7,10-11H,8-9H2,1-3H3,(H,21,23)(H,22,24)(H2,20,25,26). The van der Waals surface area contributed by atoms with Crippen LogP contribution in [0.2, 0.25) is 0 Å². The summed E-state index contributed by atoms with van der Waals surface area (Å²) in [6, 6.07) is 9.91. The molecule has 4 N–H and O–H groups in total. The van der Waals surface area contributed by atoms with Crippen LogP contribution < -0.4 is 15.8 Å². The zero-order valence-corrected chi connectivity index (χ0v) is 16.3. The minimum Gasteiger partial charge on any atom is -0.347 e. The second-order valence-corrected chi connectivity index (χ2v) is 7.98. The normalized spacial score (nSPS) is 11.1. The Bertz CT molecular complexity index is 944. The Hall–Kier alpha value is -2.71. The molecule has 0 saturated heterocycles. The van der Waals surface area contributed by atoms with Crippen LogP contribution in [-0.4, -0.2) is 26.8 Å². The van der Waals surface area contributed by atoms with Gasteiger partial charge in [0.2, 0.25) is 10.0 Å². The largest absolute Gasteiger partial charge is 0.347 e. The van der Waals surface area contributed by atoms with Crippen molar-refractivity contribution in [3.63, 3.8) is 0 Å². The van der Waals surface area contributed by atoms with Crippen molar-refractivity contribution in [1.29, 1.82) is 0 Å². The van der Waals surface area contributed by atoms with Crippen LogP contribution in [0.15, 0.2) is 41.3 Å². The number of nitrogens with one attached hydrogen (secondary N) is 2. The highest BCUT2D eigenvalue weighted by atomic mass is 32.2. The van der Waals surface area contributed by atoms with E-state index < -0.39 is 21.8 Å². The lowest BCUT2D eigenvalue weighted by Gasteiger charge is -2.12. The van der Waals surface area contributed by atoms with Crippen molar-refractivity contribution >= 4 is 27.5 Å². The minimum absolute atomic E-state index is 0.0264. The number of carbonyl (C=O) groups excluding carboxylic acids is 2. The molecule has 0 atom stereocenters. The fraction of sp³-hybridized carbons (Fsp3) is 0.263. The summed E-state index contributed by atoms with van der Waals surface area (Å²) in [6.07, 6.45) is 0.451. The van der Waals surface area contributed by atoms with Gasteiger partial charge in [-0.1, -0.05) is 29.8 Å². The van der Waals surface area contributed by atoms with E-state index >= 15 is 0 Å². The molecule has 2 aromatic rings. The molecule has 144 valence electrons. The van der Waals surface area contributed by atoms with E-state index in [0.29, 0.717) is 12.1 Å². The highest BCUT2D eigenvalue weighted by Gasteiger charge is 2.15. The quantitative estimate of drug-likeness (QED) is 0.672. The maximum atomic E-state index is 12.1. The van der Waals surface area contributed by atoms with Crippen LogP contribution in [0.1, 0.15) is 22.3 Å². The van der Waals surface area contributed by atoms with Crippen molar-refractivity contribution in [2.24, 2.45) is 5.14 Å². The summed E-state index contributed by atoms with van der Waals surface area (Å²) < 4.78 is 22.4. The molecule has 0 aliphatic rings. The average Bonchev–Trinajstić information content (AvgIpc) is 2.57. The maximum Gasteiger partial charge on any atom is 0.313 e. The summed E-state index contributed by atoms with van der Waals surface area (Å²) in [5.41, 5.74) is 4.32. The van der Waals surface area contributed by atoms with Crippen LogP contribution in [0.25, 0.3) is 0 Å². The Labute approximate surface area is 159 Å². The molecule has 0 bridgehead atoms. The Morgan fingerprint density at radius 2 is 1.52 bits per heavy atom. The van der Waals surface area contributed by atoms with Gasteiger partial charge in [0.25, 0.3) is 0 Å². The van der Waals surface area contributed by atoms with Gasteiger partial charge in [-0.3, -0.25) is 9.59 Å². The van der Waals surface area contributed by atoms with E-state index in [1.54, 1.807) is 12.1 Å². The van der Waals surface area contributed by atoms with Crippen molar-refractivity contribution in [1.82, 2.24) is 5.32 Å². The van der Waals surface area contributed by atoms with E-state index in [1.165, 1.54) is 12.1 Å². The second-order valence-electron chi connectivity index (χ2n) is 6.42. The third kappa shape index (κ3) is 5.63. The first-order chi connectivity index (χ1) is 12.6. The molecule has 27 heavy (non-hydrogen) atoms. The van der Waals surface area contributed by atoms with Gasteiger partial charge >= 0.3 is 11.8 Å². The zero-order chi connectivity index (χ0) is 20.2. The molecule has 2 amide bonds. The first kappa shape index (κ1) is 20.6. The van der Waals surface area contributed by atoms with E-state index in [-0.39, 0.29) is 11.4 Å². The first-order valence-corrected chi connectivity index (χ1v) is 9.91. The number of hydrogen-bond acceptors (Lipinski definition) is 4. The SMILES string of the molecule is Cc1cc(C)c(NC(=O)C(=O)NCCc2ccc(S(N)(=O)=O)cc2)c(C)c1. The molecule has 2 aromatic carbocycles. The minimum atomic E-state index is -3.73. The van der Waals surface area contributed by atoms with E-state index in [1.807, 2.05) is 32.9 Å². The number of benzene rings is 2. The van der Waals surface area contributed by atoms with Crippen molar-refractivity contribution in [3.8, 4) is 0 Å². The summed E-state index contributed by atoms with van der Waals surface area (Å²) in [7, 11) is -3.73. The van der Waals surface area contributed by atoms with Gasteiger partial charge in [-0.15, -0.1) is 0 Å². The van der Waals surface area contributed by atoms with Crippen molar-refractivity contribution < 1.29 is 18.0 Å². The molecular weight excluding hydrogens is 366 g/mol. The topological polar surface area (TPSA) is 118 Å². The fourth-order valence-corrected chi connectivity index (χ4v) is 3.31. The van der Waals surface area contributed by atoms with Crippen molar-refractivity contribution in [2.45, 2.75) is 32.1 Å². The molecule has 0 saturated carbocycles. The maximum absolute atomic E-state index is 12.1. The Morgan fingerprint density at radius 1 is 0.963 bits per heavy atom. The number of sulfonamides is 1. The number of rotatable bonds is 5. The number of amides is 2. The molecule has 0 fully saturated rings. The number of nitrogens with two attached hydrogens (primary N) is 1. The summed E-state index contributed by atoms with van der Waals surface area (Å²) in [5, 5.41) is 10.2. The smallest absolute Gasteiger partial charge is 0.313 e. The molecule has 0 heterocycles. The van der Waals surface area contributed by atoms with Gasteiger partial charge in [-0.2, -0.15) is 0 Å². The van der Waals surface area contributed by atoms with Gasteiger partial charge in [-0.25, -0.2) is 13.6 Å². The van der Waals surface area contributed by atoms with Crippen LogP contribution in [0.4, 0.5) is 5.69 Å². The third-order valence-electron chi connectivity index (χ3n) is 4.07. The monoisotopic (exact) mass is 389 g/mol. The number of carbonyl (C=O) groups is 2. The second kappa shape index (κ2) is 8.32. The molecule has 2 rings (SSSR count). The van der Waals surface area contributed by atoms with E-state index in [4.69, 9.17) is 5.14 Å². The van der Waals surface area contributed by atoms with Crippen LogP contribution in [0.5, 0.6) is 0 Å². The average molecular weight is 389 g/mol. The lowest BCUT2D eigenvalue weighted by atomic mass is 10.1. The lowest BCUT2D eigenvalue weighted by Crippen LogP contribution is -2.36. The molecule has 8 heteroatoms. The van der Waals surface area contributed by atoms with Crippen molar-refractivity contribution in [3.05, 3.63) is 58.7 Å². The van der Waals surface area contributed by atoms with Gasteiger partial charge < -0.3 is 10.6 Å². The fourth-order valence-electron chi connectivity index (χ4n) is 2.79. The van der Waals surface area contributed by atoms with Crippen LogP contribution in [0, 0.1) is 20.8 Å². The Morgan fingerprint density at radius 3 is 2.04 bits per heavy atom.